The molecule has 0 unspecified atom stereocenters. The van der Waals surface area contributed by atoms with Gasteiger partial charge in [-0.15, -0.1) is 0 Å². The van der Waals surface area contributed by atoms with Crippen molar-refractivity contribution in [3.8, 4) is 0 Å². The van der Waals surface area contributed by atoms with Crippen molar-refractivity contribution >= 4 is 11.8 Å². The second kappa shape index (κ2) is 5.14. The van der Waals surface area contributed by atoms with Crippen molar-refractivity contribution in [1.29, 1.82) is 0 Å². The van der Waals surface area contributed by atoms with E-state index in [2.05, 4.69) is 15.5 Å². The number of carbonyl (C=O) groups is 2. The van der Waals surface area contributed by atoms with Gasteiger partial charge >= 0.3 is 0 Å². The van der Waals surface area contributed by atoms with Crippen LogP contribution in [0.1, 0.15) is 17.3 Å². The van der Waals surface area contributed by atoms with E-state index in [0.717, 1.165) is 0 Å². The molecule has 2 amide bonds. The first kappa shape index (κ1) is 11.2. The van der Waals surface area contributed by atoms with Gasteiger partial charge in [0.25, 0.3) is 5.91 Å². The van der Waals surface area contributed by atoms with Crippen LogP contribution in [0.3, 0.4) is 0 Å². The third-order valence-electron chi connectivity index (χ3n) is 1.85. The first-order valence-electron chi connectivity index (χ1n) is 4.66. The topological polar surface area (TPSA) is 78.1 Å². The Hall–Kier alpha value is -1.85. The summed E-state index contributed by atoms with van der Waals surface area (Å²) >= 11 is 0. The van der Waals surface area contributed by atoms with Crippen molar-refractivity contribution in [3.63, 3.8) is 0 Å². The quantitative estimate of drug-likeness (QED) is 0.711. The van der Waals surface area contributed by atoms with Crippen LogP contribution in [-0.2, 0) is 4.79 Å². The average Bonchev–Trinajstić information content (AvgIpc) is 2.69. The minimum atomic E-state index is -0.227. The average molecular weight is 210 g/mol. The van der Waals surface area contributed by atoms with E-state index in [-0.39, 0.29) is 18.4 Å². The molecule has 0 fully saturated rings. The highest BCUT2D eigenvalue weighted by Gasteiger charge is 2.14. The van der Waals surface area contributed by atoms with Crippen LogP contribution >= 0.6 is 0 Å². The van der Waals surface area contributed by atoms with Crippen LogP contribution in [0, 0.1) is 0 Å². The summed E-state index contributed by atoms with van der Waals surface area (Å²) in [5.41, 5.74) is 0.446. The first-order chi connectivity index (χ1) is 7.15. The first-order valence-corrected chi connectivity index (χ1v) is 4.66. The molecule has 82 valence electrons. The van der Waals surface area contributed by atoms with E-state index in [1.807, 2.05) is 6.92 Å². The van der Waals surface area contributed by atoms with Crippen molar-refractivity contribution in [3.05, 3.63) is 18.0 Å². The van der Waals surface area contributed by atoms with Crippen LogP contribution in [-0.4, -0.2) is 47.0 Å². The Morgan fingerprint density at radius 3 is 2.87 bits per heavy atom. The molecule has 6 nitrogen and oxygen atoms in total. The van der Waals surface area contributed by atoms with E-state index in [1.165, 1.54) is 17.3 Å². The minimum Gasteiger partial charge on any atom is -0.355 e. The predicted octanol–water partition coefficient (Wildman–Crippen LogP) is -0.382. The van der Waals surface area contributed by atoms with Gasteiger partial charge in [0.15, 0.2) is 0 Å². The lowest BCUT2D eigenvalue weighted by atomic mass is 10.3. The summed E-state index contributed by atoms with van der Waals surface area (Å²) in [5.74, 6) is -0.396. The molecule has 0 saturated carbocycles. The lowest BCUT2D eigenvalue weighted by Crippen LogP contribution is -2.38. The fourth-order valence-electron chi connectivity index (χ4n) is 1.13. The maximum atomic E-state index is 11.6. The smallest absolute Gasteiger partial charge is 0.257 e. The summed E-state index contributed by atoms with van der Waals surface area (Å²) in [6.07, 6.45) is 2.92. The minimum absolute atomic E-state index is 0.0534. The molecule has 0 aromatic carbocycles. The van der Waals surface area contributed by atoms with Gasteiger partial charge < -0.3 is 10.2 Å². The number of carbonyl (C=O) groups excluding carboxylic acids is 2. The Bertz CT molecular complexity index is 334. The molecule has 0 bridgehead atoms. The van der Waals surface area contributed by atoms with Gasteiger partial charge in [-0.25, -0.2) is 0 Å². The third kappa shape index (κ3) is 3.08. The lowest BCUT2D eigenvalue weighted by Gasteiger charge is -2.15. The zero-order valence-electron chi connectivity index (χ0n) is 8.78. The molecule has 0 atom stereocenters. The molecule has 1 aromatic rings. The van der Waals surface area contributed by atoms with Gasteiger partial charge in [0.1, 0.15) is 0 Å². The Labute approximate surface area is 87.7 Å². The standard InChI is InChI=1S/C9H14N4O2/c1-3-10-8(14)6-13(2)9(15)7-4-11-12-5-7/h4-5H,3,6H2,1-2H3,(H,10,14)(H,11,12). The summed E-state index contributed by atoms with van der Waals surface area (Å²) in [4.78, 5) is 24.2. The van der Waals surface area contributed by atoms with Gasteiger partial charge in [-0.3, -0.25) is 14.7 Å². The molecule has 2 N–H and O–H groups in total. The van der Waals surface area contributed by atoms with Gasteiger partial charge in [-0.05, 0) is 6.92 Å². The van der Waals surface area contributed by atoms with E-state index < -0.39 is 0 Å². The molecule has 1 aromatic heterocycles. The number of nitrogens with zero attached hydrogens (tertiary/aromatic N) is 2. The number of hydrogen-bond acceptors (Lipinski definition) is 3. The normalized spacial score (nSPS) is 9.73. The van der Waals surface area contributed by atoms with Crippen LogP contribution in [0.5, 0.6) is 0 Å². The Balaban J connectivity index is 2.51. The molecular formula is C9H14N4O2. The Morgan fingerprint density at radius 2 is 2.33 bits per heavy atom. The van der Waals surface area contributed by atoms with Crippen LogP contribution in [0.15, 0.2) is 12.4 Å². The van der Waals surface area contributed by atoms with Crippen LogP contribution in [0.2, 0.25) is 0 Å². The van der Waals surface area contributed by atoms with Crippen molar-refractivity contribution in [2.75, 3.05) is 20.1 Å². The summed E-state index contributed by atoms with van der Waals surface area (Å²) in [6, 6.07) is 0. The van der Waals surface area contributed by atoms with Crippen LogP contribution in [0.4, 0.5) is 0 Å². The molecule has 6 heteroatoms. The molecule has 0 aliphatic heterocycles. The highest BCUT2D eigenvalue weighted by atomic mass is 16.2. The van der Waals surface area contributed by atoms with Crippen LogP contribution < -0.4 is 5.32 Å². The second-order valence-electron chi connectivity index (χ2n) is 3.10. The number of aromatic amines is 1. The number of H-pyrrole nitrogens is 1. The maximum absolute atomic E-state index is 11.6. The van der Waals surface area contributed by atoms with E-state index in [1.54, 1.807) is 7.05 Å². The van der Waals surface area contributed by atoms with Crippen LogP contribution in [0.25, 0.3) is 0 Å². The Kier molecular flexibility index (Phi) is 3.84. The lowest BCUT2D eigenvalue weighted by molar-refractivity contribution is -0.121. The number of aromatic nitrogens is 2. The van der Waals surface area contributed by atoms with E-state index in [0.29, 0.717) is 12.1 Å². The van der Waals surface area contributed by atoms with Gasteiger partial charge in [-0.2, -0.15) is 5.10 Å². The highest BCUT2D eigenvalue weighted by Crippen LogP contribution is 1.99. The van der Waals surface area contributed by atoms with Crippen molar-refractivity contribution < 1.29 is 9.59 Å². The molecule has 0 spiro atoms. The van der Waals surface area contributed by atoms with Gasteiger partial charge in [-0.1, -0.05) is 0 Å². The molecule has 0 aliphatic carbocycles. The van der Waals surface area contributed by atoms with Crippen molar-refractivity contribution in [1.82, 2.24) is 20.4 Å². The number of hydrogen-bond donors (Lipinski definition) is 2. The second-order valence-corrected chi connectivity index (χ2v) is 3.10. The number of nitrogens with one attached hydrogen (secondary N) is 2. The SMILES string of the molecule is CCNC(=O)CN(C)C(=O)c1cn[nH]c1. The van der Waals surface area contributed by atoms with E-state index in [9.17, 15) is 9.59 Å². The van der Waals surface area contributed by atoms with Gasteiger partial charge in [0, 0.05) is 19.8 Å². The number of rotatable bonds is 4. The van der Waals surface area contributed by atoms with Gasteiger partial charge in [0.2, 0.25) is 5.91 Å². The van der Waals surface area contributed by atoms with Gasteiger partial charge in [0.05, 0.1) is 18.3 Å². The predicted molar refractivity (Wildman–Crippen MR) is 54.2 cm³/mol. The Morgan fingerprint density at radius 1 is 1.60 bits per heavy atom. The molecule has 15 heavy (non-hydrogen) atoms. The monoisotopic (exact) mass is 210 g/mol. The number of amides is 2. The van der Waals surface area contributed by atoms with Crippen molar-refractivity contribution in [2.24, 2.45) is 0 Å². The summed E-state index contributed by atoms with van der Waals surface area (Å²) in [6.45, 7) is 2.44. The molecule has 1 rings (SSSR count). The summed E-state index contributed by atoms with van der Waals surface area (Å²) in [7, 11) is 1.57. The molecule has 0 radical (unpaired) electrons. The fourth-order valence-corrected chi connectivity index (χ4v) is 1.13. The zero-order valence-corrected chi connectivity index (χ0v) is 8.78. The van der Waals surface area contributed by atoms with E-state index >= 15 is 0 Å². The maximum Gasteiger partial charge on any atom is 0.257 e. The molecule has 1 heterocycles. The molecular weight excluding hydrogens is 196 g/mol. The van der Waals surface area contributed by atoms with Crippen molar-refractivity contribution in [2.45, 2.75) is 6.92 Å². The number of likely N-dealkylation sites (N-methyl/N-ethyl adjacent to an activating group) is 2. The zero-order chi connectivity index (χ0) is 11.3. The highest BCUT2D eigenvalue weighted by molar-refractivity contribution is 5.95. The summed E-state index contributed by atoms with van der Waals surface area (Å²) < 4.78 is 0. The molecule has 0 aliphatic rings. The largest absolute Gasteiger partial charge is 0.355 e. The summed E-state index contributed by atoms with van der Waals surface area (Å²) in [5, 5.41) is 8.83. The fraction of sp³-hybridized carbons (Fsp3) is 0.444. The molecule has 0 saturated heterocycles. The third-order valence-corrected chi connectivity index (χ3v) is 1.85. The van der Waals surface area contributed by atoms with E-state index in [4.69, 9.17) is 0 Å².